The van der Waals surface area contributed by atoms with Crippen LogP contribution >= 0.6 is 0 Å². The summed E-state index contributed by atoms with van der Waals surface area (Å²) in [7, 11) is 0. The van der Waals surface area contributed by atoms with Crippen LogP contribution in [0.25, 0.3) is 21.8 Å². The molecule has 0 spiro atoms. The Hall–Kier alpha value is -4.32. The molecule has 0 saturated heterocycles. The highest BCUT2D eigenvalue weighted by Gasteiger charge is 2.07. The van der Waals surface area contributed by atoms with Gasteiger partial charge in [0.15, 0.2) is 0 Å². The number of nitrogens with zero attached hydrogens (tertiary/aromatic N) is 2. The van der Waals surface area contributed by atoms with Gasteiger partial charge in [-0.15, -0.1) is 0 Å². The zero-order chi connectivity index (χ0) is 21.9. The average Bonchev–Trinajstić information content (AvgIpc) is 2.82. The van der Waals surface area contributed by atoms with Crippen LogP contribution in [-0.2, 0) is 13.2 Å². The third-order valence-electron chi connectivity index (χ3n) is 5.22. The van der Waals surface area contributed by atoms with E-state index in [1.54, 1.807) is 12.1 Å². The minimum absolute atomic E-state index is 0.434. The van der Waals surface area contributed by atoms with Gasteiger partial charge in [0.2, 0.25) is 0 Å². The summed E-state index contributed by atoms with van der Waals surface area (Å²) in [5.74, 6) is 2.37. The van der Waals surface area contributed by atoms with Gasteiger partial charge in [-0.2, -0.15) is 0 Å². The van der Waals surface area contributed by atoms with Crippen molar-refractivity contribution in [2.24, 2.45) is 0 Å². The first-order valence-corrected chi connectivity index (χ1v) is 10.3. The summed E-state index contributed by atoms with van der Waals surface area (Å²) in [4.78, 5) is 8.81. The average molecular weight is 422 g/mol. The van der Waals surface area contributed by atoms with Gasteiger partial charge in [-0.25, -0.2) is 9.97 Å². The lowest BCUT2D eigenvalue weighted by molar-refractivity contribution is 0.306. The molecule has 2 heterocycles. The molecule has 0 fully saturated rings. The van der Waals surface area contributed by atoms with Crippen LogP contribution in [0.3, 0.4) is 0 Å². The Morgan fingerprint density at radius 3 is 1.41 bits per heavy atom. The van der Waals surface area contributed by atoms with E-state index in [0.717, 1.165) is 32.9 Å². The number of hydrogen-bond donors (Lipinski definition) is 2. The lowest BCUT2D eigenvalue weighted by atomic mass is 10.1. The second-order valence-electron chi connectivity index (χ2n) is 7.52. The number of aromatic nitrogens is 2. The van der Waals surface area contributed by atoms with Crippen molar-refractivity contribution in [3.05, 3.63) is 96.1 Å². The maximum atomic E-state index is 6.02. The van der Waals surface area contributed by atoms with Crippen molar-refractivity contribution in [1.82, 2.24) is 9.97 Å². The lowest BCUT2D eigenvalue weighted by Gasteiger charge is -2.11. The maximum absolute atomic E-state index is 6.02. The third-order valence-corrected chi connectivity index (χ3v) is 5.22. The molecule has 5 aromatic rings. The van der Waals surface area contributed by atoms with Gasteiger partial charge in [0.05, 0.1) is 0 Å². The fourth-order valence-corrected chi connectivity index (χ4v) is 3.56. The smallest absolute Gasteiger partial charge is 0.146 e. The fourth-order valence-electron chi connectivity index (χ4n) is 3.56. The predicted molar refractivity (Wildman–Crippen MR) is 127 cm³/mol. The summed E-state index contributed by atoms with van der Waals surface area (Å²) in [6, 6.07) is 27.3. The van der Waals surface area contributed by atoms with Crippen molar-refractivity contribution < 1.29 is 9.47 Å². The molecule has 2 aromatic heterocycles. The van der Waals surface area contributed by atoms with Gasteiger partial charge in [-0.05, 0) is 47.5 Å². The third kappa shape index (κ3) is 4.11. The van der Waals surface area contributed by atoms with Gasteiger partial charge in [0, 0.05) is 10.8 Å². The molecule has 32 heavy (non-hydrogen) atoms. The van der Waals surface area contributed by atoms with E-state index < -0.39 is 0 Å². The van der Waals surface area contributed by atoms with Crippen molar-refractivity contribution in [3.8, 4) is 11.5 Å². The summed E-state index contributed by atoms with van der Waals surface area (Å²) in [6.45, 7) is 0.868. The molecule has 6 nitrogen and oxygen atoms in total. The molecule has 0 saturated carbocycles. The number of hydrogen-bond acceptors (Lipinski definition) is 6. The Labute approximate surface area is 185 Å². The standard InChI is InChI=1S/C26H22N4O2/c27-23-13-11-19-3-1-5-21(25(19)29-23)31-15-17-7-9-18(10-8-17)16-32-22-6-2-4-20-12-14-24(28)30-26(20)22/h1-14H,15-16H2,(H2,27,29)(H2,28,30). The van der Waals surface area contributed by atoms with Crippen LogP contribution in [0.5, 0.6) is 11.5 Å². The van der Waals surface area contributed by atoms with Crippen molar-refractivity contribution in [1.29, 1.82) is 0 Å². The summed E-state index contributed by atoms with van der Waals surface area (Å²) in [5, 5.41) is 1.99. The van der Waals surface area contributed by atoms with Gasteiger partial charge in [-0.3, -0.25) is 0 Å². The first kappa shape index (κ1) is 19.6. The van der Waals surface area contributed by atoms with Crippen LogP contribution in [0, 0.1) is 0 Å². The number of rotatable bonds is 6. The maximum Gasteiger partial charge on any atom is 0.146 e. The topological polar surface area (TPSA) is 96.3 Å². The molecule has 0 atom stereocenters. The van der Waals surface area contributed by atoms with E-state index in [-0.39, 0.29) is 0 Å². The zero-order valence-electron chi connectivity index (χ0n) is 17.4. The van der Waals surface area contributed by atoms with Crippen LogP contribution in [0.1, 0.15) is 11.1 Å². The van der Waals surface area contributed by atoms with E-state index in [2.05, 4.69) is 9.97 Å². The fraction of sp³-hybridized carbons (Fsp3) is 0.0769. The summed E-state index contributed by atoms with van der Waals surface area (Å²) < 4.78 is 12.0. The van der Waals surface area contributed by atoms with Gasteiger partial charge in [-0.1, -0.05) is 48.5 Å². The molecule has 6 heteroatoms. The summed E-state index contributed by atoms with van der Waals surface area (Å²) in [5.41, 5.74) is 15.3. The molecule has 0 bridgehead atoms. The molecule has 158 valence electrons. The van der Waals surface area contributed by atoms with E-state index in [4.69, 9.17) is 20.9 Å². The predicted octanol–water partition coefficient (Wildman–Crippen LogP) is 5.11. The quantitative estimate of drug-likeness (QED) is 0.395. The van der Waals surface area contributed by atoms with E-state index in [0.29, 0.717) is 36.3 Å². The first-order valence-electron chi connectivity index (χ1n) is 10.3. The number of nitrogen functional groups attached to an aromatic ring is 2. The van der Waals surface area contributed by atoms with E-state index in [9.17, 15) is 0 Å². The van der Waals surface area contributed by atoms with Crippen LogP contribution in [0.2, 0.25) is 0 Å². The van der Waals surface area contributed by atoms with Gasteiger partial charge >= 0.3 is 0 Å². The summed E-state index contributed by atoms with van der Waals surface area (Å²) >= 11 is 0. The molecule has 3 aromatic carbocycles. The zero-order valence-corrected chi connectivity index (χ0v) is 17.4. The first-order chi connectivity index (χ1) is 15.7. The Bertz CT molecular complexity index is 1290. The Kier molecular flexibility index (Phi) is 5.17. The van der Waals surface area contributed by atoms with Crippen LogP contribution in [0.4, 0.5) is 11.6 Å². The lowest BCUT2D eigenvalue weighted by Crippen LogP contribution is -2.00. The largest absolute Gasteiger partial charge is 0.487 e. The van der Waals surface area contributed by atoms with Crippen molar-refractivity contribution >= 4 is 33.4 Å². The molecular formula is C26H22N4O2. The Balaban J connectivity index is 1.26. The summed E-state index contributed by atoms with van der Waals surface area (Å²) in [6.07, 6.45) is 0. The van der Waals surface area contributed by atoms with E-state index >= 15 is 0 Å². The van der Waals surface area contributed by atoms with Crippen molar-refractivity contribution in [2.45, 2.75) is 13.2 Å². The molecule has 0 aliphatic carbocycles. The number of anilines is 2. The van der Waals surface area contributed by atoms with Gasteiger partial charge in [0.25, 0.3) is 0 Å². The minimum Gasteiger partial charge on any atom is -0.487 e. The molecule has 0 amide bonds. The molecular weight excluding hydrogens is 400 g/mol. The molecule has 0 aliphatic rings. The van der Waals surface area contributed by atoms with Crippen LogP contribution in [0.15, 0.2) is 84.9 Å². The van der Waals surface area contributed by atoms with Crippen LogP contribution in [-0.4, -0.2) is 9.97 Å². The van der Waals surface area contributed by atoms with E-state index in [1.807, 2.05) is 72.8 Å². The SMILES string of the molecule is Nc1ccc2cccc(OCc3ccc(COc4cccc5ccc(N)nc45)cc3)c2n1. The highest BCUT2D eigenvalue weighted by atomic mass is 16.5. The number of nitrogens with two attached hydrogens (primary N) is 2. The Morgan fingerprint density at radius 2 is 0.969 bits per heavy atom. The minimum atomic E-state index is 0.434. The normalized spacial score (nSPS) is 11.0. The number of para-hydroxylation sites is 2. The molecule has 5 rings (SSSR count). The molecule has 0 radical (unpaired) electrons. The van der Waals surface area contributed by atoms with E-state index in [1.165, 1.54) is 0 Å². The van der Waals surface area contributed by atoms with Gasteiger partial charge < -0.3 is 20.9 Å². The highest BCUT2D eigenvalue weighted by molar-refractivity contribution is 5.86. The van der Waals surface area contributed by atoms with Crippen molar-refractivity contribution in [3.63, 3.8) is 0 Å². The van der Waals surface area contributed by atoms with Crippen molar-refractivity contribution in [2.75, 3.05) is 11.5 Å². The number of fused-ring (bicyclic) bond motifs is 2. The van der Waals surface area contributed by atoms with Gasteiger partial charge in [0.1, 0.15) is 47.4 Å². The number of benzene rings is 3. The van der Waals surface area contributed by atoms with Crippen LogP contribution < -0.4 is 20.9 Å². The highest BCUT2D eigenvalue weighted by Crippen LogP contribution is 2.27. The monoisotopic (exact) mass is 422 g/mol. The number of ether oxygens (including phenoxy) is 2. The molecule has 4 N–H and O–H groups in total. The number of pyridine rings is 2. The Morgan fingerprint density at radius 1 is 0.531 bits per heavy atom. The second kappa shape index (κ2) is 8.43. The molecule has 0 unspecified atom stereocenters. The molecule has 0 aliphatic heterocycles. The second-order valence-corrected chi connectivity index (χ2v) is 7.52.